The number of rotatable bonds is 2. The normalized spacial score (nSPS) is 17.7. The molecule has 1 aliphatic rings. The van der Waals surface area contributed by atoms with E-state index in [0.717, 1.165) is 48.8 Å². The van der Waals surface area contributed by atoms with Crippen LogP contribution in [0.5, 0.6) is 0 Å². The first-order chi connectivity index (χ1) is 8.34. The second-order valence-electron chi connectivity index (χ2n) is 4.36. The Labute approximate surface area is 105 Å². The third-order valence-corrected chi connectivity index (χ3v) is 3.55. The van der Waals surface area contributed by atoms with Gasteiger partial charge in [-0.1, -0.05) is 17.7 Å². The van der Waals surface area contributed by atoms with Gasteiger partial charge in [0.05, 0.1) is 18.2 Å². The lowest BCUT2D eigenvalue weighted by molar-refractivity contribution is 0.0344. The highest BCUT2D eigenvalue weighted by atomic mass is 35.5. The molecule has 90 valence electrons. The first-order valence-electron chi connectivity index (χ1n) is 5.89. The minimum atomic E-state index is 0.826. The topological polar surface area (TPSA) is 28.3 Å². The van der Waals surface area contributed by atoms with Crippen molar-refractivity contribution >= 4 is 22.5 Å². The number of aromatic amines is 1. The van der Waals surface area contributed by atoms with E-state index in [9.17, 15) is 0 Å². The van der Waals surface area contributed by atoms with Crippen LogP contribution in [0.25, 0.3) is 10.9 Å². The molecule has 0 saturated carbocycles. The Morgan fingerprint density at radius 3 is 2.94 bits per heavy atom. The highest BCUT2D eigenvalue weighted by Crippen LogP contribution is 2.27. The van der Waals surface area contributed by atoms with E-state index in [2.05, 4.69) is 22.1 Å². The van der Waals surface area contributed by atoms with E-state index in [0.29, 0.717) is 0 Å². The Balaban J connectivity index is 1.89. The summed E-state index contributed by atoms with van der Waals surface area (Å²) in [5.41, 5.74) is 2.38. The van der Waals surface area contributed by atoms with E-state index >= 15 is 0 Å². The van der Waals surface area contributed by atoms with Crippen LogP contribution < -0.4 is 0 Å². The van der Waals surface area contributed by atoms with Crippen LogP contribution in [0.2, 0.25) is 5.02 Å². The number of hydrogen-bond donors (Lipinski definition) is 1. The van der Waals surface area contributed by atoms with Gasteiger partial charge >= 0.3 is 0 Å². The maximum atomic E-state index is 6.26. The smallest absolute Gasteiger partial charge is 0.0594 e. The molecule has 1 fully saturated rings. The van der Waals surface area contributed by atoms with Gasteiger partial charge in [0, 0.05) is 36.7 Å². The summed E-state index contributed by atoms with van der Waals surface area (Å²) in [6, 6.07) is 5.98. The van der Waals surface area contributed by atoms with Crippen LogP contribution in [0.3, 0.4) is 0 Å². The van der Waals surface area contributed by atoms with Crippen LogP contribution in [-0.4, -0.2) is 36.2 Å². The van der Waals surface area contributed by atoms with Crippen LogP contribution in [0.4, 0.5) is 0 Å². The molecule has 1 aromatic heterocycles. The molecular weight excluding hydrogens is 236 g/mol. The number of H-pyrrole nitrogens is 1. The van der Waals surface area contributed by atoms with Crippen LogP contribution in [0.1, 0.15) is 5.56 Å². The molecule has 0 spiro atoms. The largest absolute Gasteiger partial charge is 0.379 e. The van der Waals surface area contributed by atoms with Crippen molar-refractivity contribution in [2.24, 2.45) is 0 Å². The molecule has 0 unspecified atom stereocenters. The summed E-state index contributed by atoms with van der Waals surface area (Å²) in [5, 5.41) is 1.98. The van der Waals surface area contributed by atoms with E-state index in [4.69, 9.17) is 16.3 Å². The number of hydrogen-bond acceptors (Lipinski definition) is 2. The third-order valence-electron chi connectivity index (χ3n) is 3.23. The molecule has 2 aromatic rings. The van der Waals surface area contributed by atoms with Crippen molar-refractivity contribution in [3.05, 3.63) is 35.0 Å². The third kappa shape index (κ3) is 2.18. The molecule has 1 N–H and O–H groups in total. The predicted molar refractivity (Wildman–Crippen MR) is 69.4 cm³/mol. The van der Waals surface area contributed by atoms with Gasteiger partial charge in [0.15, 0.2) is 0 Å². The van der Waals surface area contributed by atoms with Gasteiger partial charge in [-0.25, -0.2) is 0 Å². The number of morpholine rings is 1. The zero-order chi connectivity index (χ0) is 11.7. The molecular formula is C13H15ClN2O. The maximum Gasteiger partial charge on any atom is 0.0594 e. The molecule has 1 aliphatic heterocycles. The number of fused-ring (bicyclic) bond motifs is 1. The average molecular weight is 251 g/mol. The summed E-state index contributed by atoms with van der Waals surface area (Å²) in [7, 11) is 0. The summed E-state index contributed by atoms with van der Waals surface area (Å²) in [6.45, 7) is 4.59. The fraction of sp³-hybridized carbons (Fsp3) is 0.385. The minimum Gasteiger partial charge on any atom is -0.379 e. The number of nitrogens with one attached hydrogen (secondary N) is 1. The second-order valence-corrected chi connectivity index (χ2v) is 4.77. The Bertz CT molecular complexity index is 517. The predicted octanol–water partition coefficient (Wildman–Crippen LogP) is 2.65. The number of ether oxygens (including phenoxy) is 1. The molecule has 17 heavy (non-hydrogen) atoms. The second kappa shape index (κ2) is 4.69. The van der Waals surface area contributed by atoms with Crippen LogP contribution >= 0.6 is 11.6 Å². The standard InChI is InChI=1S/C13H15ClN2O/c14-11-2-1-3-12-13(11)10(8-15-12)9-16-4-6-17-7-5-16/h1-3,8,15H,4-7,9H2. The summed E-state index contributed by atoms with van der Waals surface area (Å²) < 4.78 is 5.35. The molecule has 0 amide bonds. The van der Waals surface area contributed by atoms with Gasteiger partial charge < -0.3 is 9.72 Å². The van der Waals surface area contributed by atoms with Crippen molar-refractivity contribution in [3.8, 4) is 0 Å². The molecule has 4 heteroatoms. The minimum absolute atomic E-state index is 0.826. The van der Waals surface area contributed by atoms with Gasteiger partial charge in [0.2, 0.25) is 0 Å². The zero-order valence-electron chi connectivity index (χ0n) is 9.58. The number of aromatic nitrogens is 1. The van der Waals surface area contributed by atoms with Crippen molar-refractivity contribution in [1.29, 1.82) is 0 Å². The van der Waals surface area contributed by atoms with Crippen molar-refractivity contribution in [3.63, 3.8) is 0 Å². The Hall–Kier alpha value is -1.03. The number of nitrogens with zero attached hydrogens (tertiary/aromatic N) is 1. The zero-order valence-corrected chi connectivity index (χ0v) is 10.3. The summed E-state index contributed by atoms with van der Waals surface area (Å²) in [6.07, 6.45) is 2.06. The van der Waals surface area contributed by atoms with Crippen molar-refractivity contribution in [2.75, 3.05) is 26.3 Å². The highest BCUT2D eigenvalue weighted by Gasteiger charge is 2.14. The van der Waals surface area contributed by atoms with Crippen LogP contribution in [0.15, 0.2) is 24.4 Å². The lowest BCUT2D eigenvalue weighted by Crippen LogP contribution is -2.35. The maximum absolute atomic E-state index is 6.26. The monoisotopic (exact) mass is 250 g/mol. The van der Waals surface area contributed by atoms with Crippen molar-refractivity contribution in [1.82, 2.24) is 9.88 Å². The summed E-state index contributed by atoms with van der Waals surface area (Å²) >= 11 is 6.26. The fourth-order valence-corrected chi connectivity index (χ4v) is 2.63. The Morgan fingerprint density at radius 1 is 1.29 bits per heavy atom. The lowest BCUT2D eigenvalue weighted by Gasteiger charge is -2.26. The summed E-state index contributed by atoms with van der Waals surface area (Å²) in [4.78, 5) is 5.67. The van der Waals surface area contributed by atoms with E-state index in [1.807, 2.05) is 12.1 Å². The fourth-order valence-electron chi connectivity index (χ4n) is 2.33. The van der Waals surface area contributed by atoms with E-state index in [-0.39, 0.29) is 0 Å². The van der Waals surface area contributed by atoms with Gasteiger partial charge in [-0.05, 0) is 17.7 Å². The van der Waals surface area contributed by atoms with Crippen molar-refractivity contribution < 1.29 is 4.74 Å². The van der Waals surface area contributed by atoms with Crippen LogP contribution in [0, 0.1) is 0 Å². The van der Waals surface area contributed by atoms with Crippen LogP contribution in [-0.2, 0) is 11.3 Å². The number of halogens is 1. The van der Waals surface area contributed by atoms with Gasteiger partial charge in [0.1, 0.15) is 0 Å². The molecule has 1 saturated heterocycles. The molecule has 2 heterocycles. The van der Waals surface area contributed by atoms with E-state index in [1.54, 1.807) is 0 Å². The molecule has 0 bridgehead atoms. The molecule has 3 rings (SSSR count). The van der Waals surface area contributed by atoms with E-state index in [1.165, 1.54) is 5.56 Å². The highest BCUT2D eigenvalue weighted by molar-refractivity contribution is 6.35. The molecule has 1 aromatic carbocycles. The van der Waals surface area contributed by atoms with Gasteiger partial charge in [0.25, 0.3) is 0 Å². The Kier molecular flexibility index (Phi) is 3.05. The summed E-state index contributed by atoms with van der Waals surface area (Å²) in [5.74, 6) is 0. The van der Waals surface area contributed by atoms with E-state index < -0.39 is 0 Å². The average Bonchev–Trinajstić information content (AvgIpc) is 2.75. The molecule has 3 nitrogen and oxygen atoms in total. The lowest BCUT2D eigenvalue weighted by atomic mass is 10.1. The van der Waals surface area contributed by atoms with Gasteiger partial charge in [-0.2, -0.15) is 0 Å². The Morgan fingerprint density at radius 2 is 2.12 bits per heavy atom. The first-order valence-corrected chi connectivity index (χ1v) is 6.27. The number of benzene rings is 1. The quantitative estimate of drug-likeness (QED) is 0.888. The molecule has 0 atom stereocenters. The molecule has 0 radical (unpaired) electrons. The molecule has 0 aliphatic carbocycles. The van der Waals surface area contributed by atoms with Gasteiger partial charge in [-0.15, -0.1) is 0 Å². The van der Waals surface area contributed by atoms with Gasteiger partial charge in [-0.3, -0.25) is 4.90 Å². The first kappa shape index (κ1) is 11.1. The van der Waals surface area contributed by atoms with Crippen molar-refractivity contribution in [2.45, 2.75) is 6.54 Å². The SMILES string of the molecule is Clc1cccc2[nH]cc(CN3CCOCC3)c12.